The minimum Gasteiger partial charge on any atom is -0.456 e. The first kappa shape index (κ1) is 35.8. The molecule has 0 amide bonds. The normalized spacial score (nSPS) is 14.3. The van der Waals surface area contributed by atoms with E-state index in [-0.39, 0.29) is 0 Å². The highest BCUT2D eigenvalue weighted by Gasteiger charge is 2.27. The molecule has 0 saturated heterocycles. The Bertz CT molecular complexity index is 4170. The number of fused-ring (bicyclic) bond motifs is 11. The Balaban J connectivity index is 1.04. The van der Waals surface area contributed by atoms with Gasteiger partial charge in [-0.25, -0.2) is 9.98 Å². The van der Waals surface area contributed by atoms with Crippen molar-refractivity contribution in [2.75, 3.05) is 0 Å². The maximum Gasteiger partial charge on any atom is 0.159 e. The van der Waals surface area contributed by atoms with Crippen LogP contribution in [-0.4, -0.2) is 20.8 Å². The molecule has 6 nitrogen and oxygen atoms in total. The van der Waals surface area contributed by atoms with Crippen LogP contribution in [0.2, 0.25) is 0 Å². The van der Waals surface area contributed by atoms with Crippen LogP contribution in [0.3, 0.4) is 0 Å². The number of para-hydroxylation sites is 4. The van der Waals surface area contributed by atoms with E-state index in [4.69, 9.17) is 14.4 Å². The Kier molecular flexibility index (Phi) is 7.65. The lowest BCUT2D eigenvalue weighted by Gasteiger charge is -2.25. The number of nitrogens with one attached hydrogen (secondary N) is 1. The third kappa shape index (κ3) is 5.54. The summed E-state index contributed by atoms with van der Waals surface area (Å²) < 4.78 is 11.4. The molecule has 0 spiro atoms. The summed E-state index contributed by atoms with van der Waals surface area (Å²) in [5.41, 5.74) is 11.2. The van der Waals surface area contributed by atoms with Crippen molar-refractivity contribution < 1.29 is 4.42 Å². The average molecular weight is 832 g/mol. The van der Waals surface area contributed by atoms with E-state index in [2.05, 4.69) is 215 Å². The molecule has 10 aromatic carbocycles. The zero-order valence-electron chi connectivity index (χ0n) is 35.0. The first-order valence-electron chi connectivity index (χ1n) is 22.1. The molecule has 4 heterocycles. The van der Waals surface area contributed by atoms with Crippen LogP contribution in [0.25, 0.3) is 98.5 Å². The van der Waals surface area contributed by atoms with Crippen LogP contribution in [0.15, 0.2) is 227 Å². The molecule has 1 unspecified atom stereocenters. The van der Waals surface area contributed by atoms with Crippen molar-refractivity contribution in [3.05, 3.63) is 229 Å². The summed E-state index contributed by atoms with van der Waals surface area (Å²) in [6, 6.07) is 75.7. The van der Waals surface area contributed by atoms with Gasteiger partial charge in [-0.3, -0.25) is 0 Å². The summed E-state index contributed by atoms with van der Waals surface area (Å²) in [5.74, 6) is 1.36. The topological polar surface area (TPSA) is 59.8 Å². The Hall–Kier alpha value is -8.74. The third-order valence-electron chi connectivity index (χ3n) is 13.3. The van der Waals surface area contributed by atoms with Gasteiger partial charge in [-0.1, -0.05) is 133 Å². The number of aromatic nitrogens is 2. The fourth-order valence-corrected chi connectivity index (χ4v) is 10.3. The predicted octanol–water partition coefficient (Wildman–Crippen LogP) is 14.6. The highest BCUT2D eigenvalue weighted by molar-refractivity contribution is 6.20. The second-order valence-electron chi connectivity index (χ2n) is 17.0. The molecule has 0 radical (unpaired) electrons. The van der Waals surface area contributed by atoms with E-state index >= 15 is 0 Å². The van der Waals surface area contributed by atoms with Gasteiger partial charge in [0.2, 0.25) is 0 Å². The molecule has 6 heteroatoms. The van der Waals surface area contributed by atoms with Crippen LogP contribution in [0.4, 0.5) is 0 Å². The number of hydrogen-bond acceptors (Lipinski definition) is 4. The Labute approximate surface area is 372 Å². The van der Waals surface area contributed by atoms with Gasteiger partial charge in [0.25, 0.3) is 0 Å². The summed E-state index contributed by atoms with van der Waals surface area (Å²) in [4.78, 5) is 11.0. The van der Waals surface area contributed by atoms with E-state index in [1.165, 1.54) is 32.3 Å². The standard InChI is InChI=1S/C59H37N5O/c1-2-18-42(19-3-1)63-50-23-11-8-20-43(50)46-32-41(28-29-52(46)63)58-60-57(40-27-26-36-14-4-5-15-37(36)30-40)61-59(62-58)49-35-56-48(45-22-10-13-25-55(45)65-56)34-54(49)64-51-24-12-9-21-44(51)47-31-38-16-6-7-17-39(38)33-53(47)64/h1-35,57H,(H,60,61,62). The number of furan rings is 1. The van der Waals surface area contributed by atoms with Gasteiger partial charge in [-0.05, 0) is 106 Å². The highest BCUT2D eigenvalue weighted by Crippen LogP contribution is 2.40. The molecule has 1 N–H and O–H groups in total. The zero-order chi connectivity index (χ0) is 42.6. The van der Waals surface area contributed by atoms with Crippen molar-refractivity contribution in [3.63, 3.8) is 0 Å². The fraction of sp³-hybridized carbons (Fsp3) is 0.0169. The number of nitrogens with zero attached hydrogens (tertiary/aromatic N) is 4. The SMILES string of the molecule is c1ccc(-n2c3ccccc3c3cc(C4=NC(c5ccc6ccccc6c5)NC(c5cc6oc7ccccc7c6cc5-n5c6ccccc6c6cc7ccccc7cc65)=N4)ccc32)cc1. The molecular formula is C59H37N5O. The Morgan fingerprint density at radius 2 is 1.05 bits per heavy atom. The number of rotatable bonds is 5. The number of amidine groups is 2. The quantitative estimate of drug-likeness (QED) is 0.188. The van der Waals surface area contributed by atoms with Gasteiger partial charge in [0.05, 0.1) is 27.8 Å². The van der Waals surface area contributed by atoms with E-state index in [1.807, 2.05) is 12.1 Å². The van der Waals surface area contributed by atoms with E-state index in [1.54, 1.807) is 0 Å². The summed E-state index contributed by atoms with van der Waals surface area (Å²) >= 11 is 0. The van der Waals surface area contributed by atoms with Crippen molar-refractivity contribution in [1.29, 1.82) is 0 Å². The number of benzene rings is 10. The van der Waals surface area contributed by atoms with Crippen LogP contribution >= 0.6 is 0 Å². The van der Waals surface area contributed by atoms with Crippen LogP contribution in [-0.2, 0) is 0 Å². The summed E-state index contributed by atoms with van der Waals surface area (Å²) in [6.45, 7) is 0. The van der Waals surface area contributed by atoms with E-state index in [9.17, 15) is 0 Å². The maximum absolute atomic E-state index is 6.66. The van der Waals surface area contributed by atoms with Gasteiger partial charge in [0, 0.05) is 49.1 Å². The summed E-state index contributed by atoms with van der Waals surface area (Å²) in [7, 11) is 0. The molecule has 1 aliphatic rings. The third-order valence-corrected chi connectivity index (χ3v) is 13.3. The molecule has 0 bridgehead atoms. The molecular weight excluding hydrogens is 795 g/mol. The minimum absolute atomic E-state index is 0.440. The molecule has 65 heavy (non-hydrogen) atoms. The minimum atomic E-state index is -0.440. The monoisotopic (exact) mass is 831 g/mol. The van der Waals surface area contributed by atoms with Gasteiger partial charge in [-0.2, -0.15) is 0 Å². The largest absolute Gasteiger partial charge is 0.456 e. The maximum atomic E-state index is 6.66. The molecule has 304 valence electrons. The van der Waals surface area contributed by atoms with Crippen LogP contribution in [0.5, 0.6) is 0 Å². The lowest BCUT2D eigenvalue weighted by molar-refractivity contribution is 0.666. The highest BCUT2D eigenvalue weighted by atomic mass is 16.3. The van der Waals surface area contributed by atoms with E-state index in [0.717, 1.165) is 82.8 Å². The number of aliphatic imine (C=N–C) groups is 2. The van der Waals surface area contributed by atoms with Crippen LogP contribution in [0, 0.1) is 0 Å². The molecule has 0 fully saturated rings. The van der Waals surface area contributed by atoms with Gasteiger partial charge in [0.1, 0.15) is 23.2 Å². The second-order valence-corrected chi connectivity index (χ2v) is 17.0. The molecule has 3 aromatic heterocycles. The molecule has 0 saturated carbocycles. The van der Waals surface area contributed by atoms with Gasteiger partial charge >= 0.3 is 0 Å². The van der Waals surface area contributed by atoms with Crippen molar-refractivity contribution in [2.24, 2.45) is 9.98 Å². The summed E-state index contributed by atoms with van der Waals surface area (Å²) in [5, 5.41) is 15.4. The molecule has 1 aliphatic heterocycles. The molecule has 13 aromatic rings. The molecule has 0 aliphatic carbocycles. The Morgan fingerprint density at radius 3 is 1.85 bits per heavy atom. The lowest BCUT2D eigenvalue weighted by atomic mass is 10.0. The van der Waals surface area contributed by atoms with E-state index in [0.29, 0.717) is 11.7 Å². The molecule has 1 atom stereocenters. The Morgan fingerprint density at radius 1 is 0.415 bits per heavy atom. The van der Waals surface area contributed by atoms with Crippen LogP contribution in [0.1, 0.15) is 22.9 Å². The predicted molar refractivity (Wildman–Crippen MR) is 269 cm³/mol. The smallest absolute Gasteiger partial charge is 0.159 e. The number of hydrogen-bond donors (Lipinski definition) is 1. The van der Waals surface area contributed by atoms with Gasteiger partial charge < -0.3 is 18.9 Å². The second kappa shape index (κ2) is 13.9. The van der Waals surface area contributed by atoms with Crippen molar-refractivity contribution in [1.82, 2.24) is 14.5 Å². The van der Waals surface area contributed by atoms with Crippen molar-refractivity contribution in [3.8, 4) is 11.4 Å². The van der Waals surface area contributed by atoms with E-state index < -0.39 is 6.17 Å². The summed E-state index contributed by atoms with van der Waals surface area (Å²) in [6.07, 6.45) is -0.440. The first-order valence-corrected chi connectivity index (χ1v) is 22.1. The van der Waals surface area contributed by atoms with Crippen molar-refractivity contribution in [2.45, 2.75) is 6.17 Å². The lowest BCUT2D eigenvalue weighted by Crippen LogP contribution is -2.34. The zero-order valence-corrected chi connectivity index (χ0v) is 35.0. The van der Waals surface area contributed by atoms with Crippen LogP contribution < -0.4 is 5.32 Å². The molecule has 14 rings (SSSR count). The van der Waals surface area contributed by atoms with Gasteiger partial charge in [0.15, 0.2) is 5.84 Å². The first-order chi connectivity index (χ1) is 32.2. The fourth-order valence-electron chi connectivity index (χ4n) is 10.3. The van der Waals surface area contributed by atoms with Crippen molar-refractivity contribution >= 4 is 98.8 Å². The average Bonchev–Trinajstić information content (AvgIpc) is 4.02. The van der Waals surface area contributed by atoms with Gasteiger partial charge in [-0.15, -0.1) is 0 Å².